The molecule has 35 heavy (non-hydrogen) atoms. The summed E-state index contributed by atoms with van der Waals surface area (Å²) in [6.07, 6.45) is 3.64. The lowest BCUT2D eigenvalue weighted by Gasteiger charge is -2.18. The maximum atomic E-state index is 11.5. The standard InChI is InChI=1S/C28H37NO6/c1-6-8-16-33-27-20-24(21(3)32-18-19-35-28(31)7-2)11-14-26(27)34-17-15-23-9-12-25(13-10-23)29(5)22(4)30/h7,9-14,20-21H,2,6,8,15-19H2,1,3-5H3. The van der Waals surface area contributed by atoms with E-state index in [0.717, 1.165) is 42.2 Å². The van der Waals surface area contributed by atoms with Crippen LogP contribution in [-0.2, 0) is 25.5 Å². The van der Waals surface area contributed by atoms with Crippen molar-refractivity contribution in [1.29, 1.82) is 0 Å². The Hall–Kier alpha value is -3.32. The van der Waals surface area contributed by atoms with Gasteiger partial charge in [-0.1, -0.05) is 38.1 Å². The number of carbonyl (C=O) groups excluding carboxylic acids is 2. The largest absolute Gasteiger partial charge is 0.490 e. The number of unbranched alkanes of at least 4 members (excludes halogenated alkanes) is 1. The van der Waals surface area contributed by atoms with Gasteiger partial charge in [0.25, 0.3) is 0 Å². The zero-order valence-electron chi connectivity index (χ0n) is 21.2. The Bertz CT molecular complexity index is 956. The number of anilines is 1. The van der Waals surface area contributed by atoms with Gasteiger partial charge in [-0.15, -0.1) is 0 Å². The minimum atomic E-state index is -0.464. The molecule has 2 aromatic rings. The summed E-state index contributed by atoms with van der Waals surface area (Å²) in [6.45, 7) is 10.5. The summed E-state index contributed by atoms with van der Waals surface area (Å²) in [5.74, 6) is 0.900. The number of hydrogen-bond donors (Lipinski definition) is 0. The first kappa shape index (κ1) is 27.9. The van der Waals surface area contributed by atoms with Gasteiger partial charge in [0.15, 0.2) is 11.5 Å². The van der Waals surface area contributed by atoms with Crippen molar-refractivity contribution in [2.45, 2.75) is 46.1 Å². The molecular weight excluding hydrogens is 446 g/mol. The normalized spacial score (nSPS) is 11.4. The summed E-state index contributed by atoms with van der Waals surface area (Å²) in [7, 11) is 1.76. The number of amides is 1. The van der Waals surface area contributed by atoms with E-state index in [1.165, 1.54) is 0 Å². The second-order valence-corrected chi connectivity index (χ2v) is 8.14. The summed E-state index contributed by atoms with van der Waals surface area (Å²) in [4.78, 5) is 24.3. The third kappa shape index (κ3) is 9.45. The average molecular weight is 484 g/mol. The molecule has 0 aliphatic heterocycles. The number of esters is 1. The highest BCUT2D eigenvalue weighted by Crippen LogP contribution is 2.32. The third-order valence-electron chi connectivity index (χ3n) is 5.50. The van der Waals surface area contributed by atoms with Crippen LogP contribution in [0, 0.1) is 0 Å². The minimum Gasteiger partial charge on any atom is -0.490 e. The van der Waals surface area contributed by atoms with Crippen LogP contribution < -0.4 is 14.4 Å². The van der Waals surface area contributed by atoms with Gasteiger partial charge in [-0.3, -0.25) is 4.79 Å². The Labute approximate surface area is 208 Å². The predicted octanol–water partition coefficient (Wildman–Crippen LogP) is 5.28. The van der Waals surface area contributed by atoms with Crippen LogP contribution >= 0.6 is 0 Å². The maximum Gasteiger partial charge on any atom is 0.330 e. The van der Waals surface area contributed by atoms with Crippen molar-refractivity contribution in [1.82, 2.24) is 0 Å². The van der Waals surface area contributed by atoms with Crippen molar-refractivity contribution < 1.29 is 28.5 Å². The molecule has 1 unspecified atom stereocenters. The lowest BCUT2D eigenvalue weighted by atomic mass is 10.1. The maximum absolute atomic E-state index is 11.5. The van der Waals surface area contributed by atoms with Crippen LogP contribution in [0.4, 0.5) is 5.69 Å². The van der Waals surface area contributed by atoms with Crippen LogP contribution in [0.15, 0.2) is 55.1 Å². The lowest BCUT2D eigenvalue weighted by molar-refractivity contribution is -0.139. The van der Waals surface area contributed by atoms with Crippen molar-refractivity contribution in [2.75, 3.05) is 38.4 Å². The summed E-state index contributed by atoms with van der Waals surface area (Å²) in [6, 6.07) is 13.7. The highest BCUT2D eigenvalue weighted by Gasteiger charge is 2.13. The van der Waals surface area contributed by atoms with Crippen LogP contribution in [-0.4, -0.2) is 45.4 Å². The van der Waals surface area contributed by atoms with Gasteiger partial charge in [-0.25, -0.2) is 4.79 Å². The topological polar surface area (TPSA) is 74.3 Å². The third-order valence-corrected chi connectivity index (χ3v) is 5.50. The molecule has 2 aromatic carbocycles. The molecule has 0 aliphatic rings. The molecule has 0 heterocycles. The molecule has 0 radical (unpaired) electrons. The van der Waals surface area contributed by atoms with Gasteiger partial charge in [0, 0.05) is 32.2 Å². The van der Waals surface area contributed by atoms with Crippen LogP contribution in [0.25, 0.3) is 0 Å². The van der Waals surface area contributed by atoms with E-state index in [9.17, 15) is 9.59 Å². The van der Waals surface area contributed by atoms with Crippen molar-refractivity contribution in [3.8, 4) is 11.5 Å². The zero-order valence-corrected chi connectivity index (χ0v) is 21.2. The number of nitrogens with zero attached hydrogens (tertiary/aromatic N) is 1. The number of hydrogen-bond acceptors (Lipinski definition) is 6. The Morgan fingerprint density at radius 1 is 1.00 bits per heavy atom. The van der Waals surface area contributed by atoms with E-state index in [-0.39, 0.29) is 25.2 Å². The van der Waals surface area contributed by atoms with E-state index in [1.54, 1.807) is 18.9 Å². The highest BCUT2D eigenvalue weighted by molar-refractivity contribution is 5.90. The Morgan fingerprint density at radius 2 is 1.71 bits per heavy atom. The SMILES string of the molecule is C=CC(=O)OCCOC(C)c1ccc(OCCc2ccc(N(C)C(C)=O)cc2)c(OCCCC)c1. The van der Waals surface area contributed by atoms with Crippen molar-refractivity contribution in [2.24, 2.45) is 0 Å². The summed E-state index contributed by atoms with van der Waals surface area (Å²) < 4.78 is 22.8. The van der Waals surface area contributed by atoms with E-state index in [4.69, 9.17) is 18.9 Å². The first-order chi connectivity index (χ1) is 16.8. The van der Waals surface area contributed by atoms with Crippen molar-refractivity contribution in [3.63, 3.8) is 0 Å². The number of carbonyl (C=O) groups is 2. The van der Waals surface area contributed by atoms with Crippen LogP contribution in [0.1, 0.15) is 50.8 Å². The van der Waals surface area contributed by atoms with E-state index >= 15 is 0 Å². The van der Waals surface area contributed by atoms with Gasteiger partial charge in [0.05, 0.1) is 25.9 Å². The molecule has 2 rings (SSSR count). The summed E-state index contributed by atoms with van der Waals surface area (Å²) >= 11 is 0. The molecule has 0 aliphatic carbocycles. The van der Waals surface area contributed by atoms with Crippen molar-refractivity contribution >= 4 is 17.6 Å². The molecule has 7 heteroatoms. The zero-order chi connectivity index (χ0) is 25.6. The monoisotopic (exact) mass is 483 g/mol. The van der Waals surface area contributed by atoms with Crippen LogP contribution in [0.3, 0.4) is 0 Å². The molecule has 0 aromatic heterocycles. The first-order valence-corrected chi connectivity index (χ1v) is 12.0. The first-order valence-electron chi connectivity index (χ1n) is 12.0. The van der Waals surface area contributed by atoms with E-state index in [1.807, 2.05) is 49.4 Å². The van der Waals surface area contributed by atoms with Crippen molar-refractivity contribution in [3.05, 3.63) is 66.2 Å². The summed E-state index contributed by atoms with van der Waals surface area (Å²) in [5.41, 5.74) is 2.93. The quantitative estimate of drug-likeness (QED) is 0.195. The Balaban J connectivity index is 1.97. The van der Waals surface area contributed by atoms with Gasteiger partial charge in [-0.05, 0) is 48.7 Å². The number of ether oxygens (including phenoxy) is 4. The molecular formula is C28H37NO6. The second-order valence-electron chi connectivity index (χ2n) is 8.14. The smallest absolute Gasteiger partial charge is 0.330 e. The molecule has 0 N–H and O–H groups in total. The van der Waals surface area contributed by atoms with Gasteiger partial charge in [0.1, 0.15) is 6.61 Å². The van der Waals surface area contributed by atoms with E-state index < -0.39 is 5.97 Å². The molecule has 1 atom stereocenters. The van der Waals surface area contributed by atoms with Gasteiger partial charge in [0.2, 0.25) is 5.91 Å². The van der Waals surface area contributed by atoms with Crippen LogP contribution in [0.5, 0.6) is 11.5 Å². The minimum absolute atomic E-state index is 0.00372. The highest BCUT2D eigenvalue weighted by atomic mass is 16.6. The average Bonchev–Trinajstić information content (AvgIpc) is 2.87. The van der Waals surface area contributed by atoms with Gasteiger partial charge in [-0.2, -0.15) is 0 Å². The molecule has 190 valence electrons. The molecule has 7 nitrogen and oxygen atoms in total. The fraction of sp³-hybridized carbons (Fsp3) is 0.429. The van der Waals surface area contributed by atoms with Gasteiger partial charge < -0.3 is 23.8 Å². The fourth-order valence-corrected chi connectivity index (χ4v) is 3.21. The van der Waals surface area contributed by atoms with E-state index in [2.05, 4.69) is 13.5 Å². The lowest BCUT2D eigenvalue weighted by Crippen LogP contribution is -2.22. The molecule has 0 saturated carbocycles. The summed E-state index contributed by atoms with van der Waals surface area (Å²) in [5, 5.41) is 0. The van der Waals surface area contributed by atoms with Crippen LogP contribution in [0.2, 0.25) is 0 Å². The Kier molecular flexibility index (Phi) is 11.8. The molecule has 0 fully saturated rings. The van der Waals surface area contributed by atoms with Gasteiger partial charge >= 0.3 is 5.97 Å². The molecule has 0 bridgehead atoms. The van der Waals surface area contributed by atoms with E-state index in [0.29, 0.717) is 24.7 Å². The number of benzene rings is 2. The fourth-order valence-electron chi connectivity index (χ4n) is 3.21. The second kappa shape index (κ2) is 14.8. The predicted molar refractivity (Wildman–Crippen MR) is 137 cm³/mol. The molecule has 0 spiro atoms. The Morgan fingerprint density at radius 3 is 2.37 bits per heavy atom. The number of rotatable bonds is 15. The molecule has 0 saturated heterocycles. The molecule has 1 amide bonds.